The van der Waals surface area contributed by atoms with Crippen molar-refractivity contribution in [3.05, 3.63) is 88.8 Å². The van der Waals surface area contributed by atoms with Gasteiger partial charge in [-0.2, -0.15) is 0 Å². The van der Waals surface area contributed by atoms with Crippen LogP contribution in [0, 0.1) is 0 Å². The first kappa shape index (κ1) is 52.3. The number of benzene rings is 2. The SMILES string of the molecule is C.COC(=O)c1ccc2c(C3CCCCC3)c3n(c2c1)CC=Cc1ncn(COCC[Si](C)(C)C)c1-3.COC(=O)c1ccc2c(C3CCCCC3)c3n(c2c1)CCCc1ncn(COCC[Si](C)(C)C)c1-3. The first-order chi connectivity index (χ1) is 33.7. The Kier molecular flexibility index (Phi) is 16.5. The number of aryl methyl sites for hydroxylation is 2. The Hall–Kier alpha value is -5.03. The summed E-state index contributed by atoms with van der Waals surface area (Å²) in [5, 5.41) is 2.52. The van der Waals surface area contributed by atoms with Crippen LogP contribution in [-0.2, 0) is 51.9 Å². The van der Waals surface area contributed by atoms with Crippen LogP contribution in [0.25, 0.3) is 50.7 Å². The number of carbonyl (C=O) groups excluding carboxylic acids is 2. The van der Waals surface area contributed by atoms with E-state index in [0.717, 1.165) is 73.7 Å². The van der Waals surface area contributed by atoms with Crippen LogP contribution < -0.4 is 0 Å². The third kappa shape index (κ3) is 11.3. The maximum atomic E-state index is 12.4. The van der Waals surface area contributed by atoms with Gasteiger partial charge in [-0.25, -0.2) is 19.6 Å². The second-order valence-electron chi connectivity index (χ2n) is 22.6. The van der Waals surface area contributed by atoms with E-state index in [1.807, 2.05) is 36.9 Å². The fourth-order valence-corrected chi connectivity index (χ4v) is 12.9. The Balaban J connectivity index is 0.000000188. The average Bonchev–Trinajstić information content (AvgIpc) is 4.05. The summed E-state index contributed by atoms with van der Waals surface area (Å²) >= 11 is 0. The Morgan fingerprint density at radius 2 is 1.11 bits per heavy atom. The van der Waals surface area contributed by atoms with Crippen LogP contribution in [0.2, 0.25) is 51.4 Å². The van der Waals surface area contributed by atoms with Gasteiger partial charge in [0.2, 0.25) is 0 Å². The Bertz CT molecular complexity index is 2840. The zero-order valence-corrected chi connectivity index (χ0v) is 45.2. The highest BCUT2D eigenvalue weighted by Gasteiger charge is 2.33. The monoisotopic (exact) mass is 1000 g/mol. The summed E-state index contributed by atoms with van der Waals surface area (Å²) in [5.41, 5.74) is 13.3. The van der Waals surface area contributed by atoms with Crippen molar-refractivity contribution in [3.8, 4) is 22.8 Å². The van der Waals surface area contributed by atoms with Gasteiger partial charge < -0.3 is 37.2 Å². The van der Waals surface area contributed by atoms with Gasteiger partial charge in [-0.3, -0.25) is 0 Å². The summed E-state index contributed by atoms with van der Waals surface area (Å²) < 4.78 is 31.6. The normalized spacial score (nSPS) is 16.2. The quantitative estimate of drug-likeness (QED) is 0.0602. The minimum Gasteiger partial charge on any atom is -0.465 e. The average molecular weight is 1000 g/mol. The Morgan fingerprint density at radius 1 is 0.620 bits per heavy atom. The fourth-order valence-electron chi connectivity index (χ4n) is 11.4. The number of imidazole rings is 2. The maximum Gasteiger partial charge on any atom is 0.337 e. The van der Waals surface area contributed by atoms with Crippen LogP contribution in [-0.4, -0.2) is 83.8 Å². The molecule has 0 bridgehead atoms. The van der Waals surface area contributed by atoms with Crippen molar-refractivity contribution in [2.75, 3.05) is 27.4 Å². The lowest BCUT2D eigenvalue weighted by molar-refractivity contribution is 0.0592. The number of carbonyl (C=O) groups is 2. The highest BCUT2D eigenvalue weighted by Crippen LogP contribution is 2.48. The van der Waals surface area contributed by atoms with Gasteiger partial charge in [0.15, 0.2) is 0 Å². The lowest BCUT2D eigenvalue weighted by Crippen LogP contribution is -2.22. The first-order valence-electron chi connectivity index (χ1n) is 26.2. The molecule has 2 aliphatic carbocycles. The second kappa shape index (κ2) is 22.4. The van der Waals surface area contributed by atoms with E-state index in [9.17, 15) is 9.59 Å². The molecule has 6 aromatic rings. The van der Waals surface area contributed by atoms with E-state index >= 15 is 0 Å². The lowest BCUT2D eigenvalue weighted by Gasteiger charge is -2.24. The number of methoxy groups -OCH3 is 2. The molecule has 2 aliphatic heterocycles. The van der Waals surface area contributed by atoms with E-state index < -0.39 is 16.1 Å². The molecule has 2 fully saturated rings. The van der Waals surface area contributed by atoms with E-state index in [2.05, 4.69) is 81.8 Å². The van der Waals surface area contributed by atoms with Gasteiger partial charge in [0, 0.05) is 64.3 Å². The number of hydrogen-bond donors (Lipinski definition) is 0. The van der Waals surface area contributed by atoms with E-state index in [4.69, 9.17) is 28.9 Å². The Labute approximate surface area is 424 Å². The number of ether oxygens (including phenoxy) is 4. The van der Waals surface area contributed by atoms with E-state index in [-0.39, 0.29) is 19.4 Å². The molecule has 71 heavy (non-hydrogen) atoms. The number of allylic oxidation sites excluding steroid dienone is 1. The standard InChI is InChI=1S/C28H39N3O3Si.C28H37N3O3Si.CH4/c2*1-33-28(32)21-12-13-22-24(17-21)31-14-8-11-23-26(27(31)25(22)20-9-6-5-7-10-20)30(18-29-23)19-34-15-16-35(2,3)4;/h12-13,17-18,20H,5-11,14-16,19H2,1-4H3;8,11-13,17-18,20H,5-7,9-10,14-16,19H2,1-4H3;1H4. The van der Waals surface area contributed by atoms with Crippen molar-refractivity contribution >= 4 is 56.0 Å². The molecule has 4 aliphatic rings. The van der Waals surface area contributed by atoms with Crippen molar-refractivity contribution in [1.29, 1.82) is 0 Å². The Morgan fingerprint density at radius 3 is 1.63 bits per heavy atom. The predicted molar refractivity (Wildman–Crippen MR) is 293 cm³/mol. The van der Waals surface area contributed by atoms with E-state index in [1.165, 1.54) is 123 Å². The molecule has 12 nitrogen and oxygen atoms in total. The minimum atomic E-state index is -1.15. The van der Waals surface area contributed by atoms with Crippen LogP contribution in [0.3, 0.4) is 0 Å². The number of fused-ring (bicyclic) bond motifs is 10. The molecule has 0 spiro atoms. The van der Waals surface area contributed by atoms with Crippen molar-refractivity contribution in [2.45, 2.75) is 174 Å². The van der Waals surface area contributed by atoms with Crippen LogP contribution in [0.1, 0.15) is 133 Å². The maximum absolute atomic E-state index is 12.4. The van der Waals surface area contributed by atoms with Crippen molar-refractivity contribution in [1.82, 2.24) is 28.2 Å². The minimum absolute atomic E-state index is 0. The lowest BCUT2D eigenvalue weighted by atomic mass is 9.82. The van der Waals surface area contributed by atoms with Crippen LogP contribution >= 0.6 is 0 Å². The van der Waals surface area contributed by atoms with Crippen LogP contribution in [0.15, 0.2) is 55.1 Å². The molecule has 382 valence electrons. The van der Waals surface area contributed by atoms with Gasteiger partial charge in [0.05, 0.1) is 72.2 Å². The van der Waals surface area contributed by atoms with Gasteiger partial charge in [-0.05, 0) is 104 Å². The molecule has 0 unspecified atom stereocenters. The topological polar surface area (TPSA) is 117 Å². The highest BCUT2D eigenvalue weighted by atomic mass is 28.3. The molecular weight excluding hydrogens is 921 g/mol. The summed E-state index contributed by atoms with van der Waals surface area (Å²) in [5.74, 6) is 0.464. The molecule has 0 saturated heterocycles. The number of rotatable bonds is 14. The number of hydrogen-bond acceptors (Lipinski definition) is 8. The molecule has 0 N–H and O–H groups in total. The van der Waals surface area contributed by atoms with Gasteiger partial charge in [0.1, 0.15) is 13.5 Å². The molecule has 0 atom stereocenters. The number of aromatic nitrogens is 6. The molecule has 6 heterocycles. The zero-order valence-electron chi connectivity index (χ0n) is 43.2. The molecule has 2 aromatic carbocycles. The second-order valence-corrected chi connectivity index (χ2v) is 33.8. The molecule has 0 amide bonds. The predicted octanol–water partition coefficient (Wildman–Crippen LogP) is 13.9. The summed E-state index contributed by atoms with van der Waals surface area (Å²) in [4.78, 5) is 34.4. The van der Waals surface area contributed by atoms with Crippen molar-refractivity contribution in [3.63, 3.8) is 0 Å². The number of nitrogens with zero attached hydrogens (tertiary/aromatic N) is 6. The van der Waals surface area contributed by atoms with Gasteiger partial charge in [0.25, 0.3) is 0 Å². The molecule has 4 aromatic heterocycles. The van der Waals surface area contributed by atoms with Crippen LogP contribution in [0.4, 0.5) is 0 Å². The van der Waals surface area contributed by atoms with E-state index in [1.54, 1.807) is 0 Å². The summed E-state index contributed by atoms with van der Waals surface area (Å²) in [6.45, 7) is 18.6. The van der Waals surface area contributed by atoms with Crippen LogP contribution in [0.5, 0.6) is 0 Å². The third-order valence-electron chi connectivity index (χ3n) is 15.1. The highest BCUT2D eigenvalue weighted by molar-refractivity contribution is 6.76. The molecule has 14 heteroatoms. The number of esters is 2. The zero-order chi connectivity index (χ0) is 49.2. The summed E-state index contributed by atoms with van der Waals surface area (Å²) in [6.07, 6.45) is 22.8. The molecule has 10 rings (SSSR count). The van der Waals surface area contributed by atoms with E-state index in [0.29, 0.717) is 36.4 Å². The van der Waals surface area contributed by atoms with Gasteiger partial charge in [-0.15, -0.1) is 0 Å². The van der Waals surface area contributed by atoms with Crippen molar-refractivity contribution in [2.24, 2.45) is 0 Å². The third-order valence-corrected chi connectivity index (χ3v) is 18.5. The smallest absolute Gasteiger partial charge is 0.337 e. The summed E-state index contributed by atoms with van der Waals surface area (Å²) in [6, 6.07) is 14.5. The van der Waals surface area contributed by atoms with Crippen molar-refractivity contribution < 1.29 is 28.5 Å². The summed E-state index contributed by atoms with van der Waals surface area (Å²) in [7, 11) is 0.604. The largest absolute Gasteiger partial charge is 0.465 e. The molecule has 2 saturated carbocycles. The molecular formula is C57H80N6O6Si2. The first-order valence-corrected chi connectivity index (χ1v) is 33.6. The fraction of sp³-hybridized carbons (Fsp3) is 0.544. The van der Waals surface area contributed by atoms with Gasteiger partial charge in [-0.1, -0.05) is 103 Å². The molecule has 0 radical (unpaired) electrons. The van der Waals surface area contributed by atoms with Gasteiger partial charge >= 0.3 is 11.9 Å².